The first-order chi connectivity index (χ1) is 21.3. The minimum Gasteiger partial charge on any atom is -0.476 e. The number of nitrogen functional groups attached to an aromatic ring is 1. The van der Waals surface area contributed by atoms with Crippen LogP contribution in [0.15, 0.2) is 6.33 Å². The van der Waals surface area contributed by atoms with E-state index in [2.05, 4.69) is 15.0 Å². The van der Waals surface area contributed by atoms with Crippen LogP contribution in [0.2, 0.25) is 0 Å². The maximum atomic E-state index is 15.1. The van der Waals surface area contributed by atoms with Crippen molar-refractivity contribution in [2.45, 2.75) is 97.2 Å². The van der Waals surface area contributed by atoms with E-state index in [4.69, 9.17) is 24.7 Å². The van der Waals surface area contributed by atoms with E-state index < -0.39 is 19.5 Å². The highest BCUT2D eigenvalue weighted by Crippen LogP contribution is 2.59. The number of nitrogens with two attached hydrogens (primary N) is 1. The molecule has 2 saturated heterocycles. The lowest BCUT2D eigenvalue weighted by atomic mass is 10.2. The summed E-state index contributed by atoms with van der Waals surface area (Å²) in [4.78, 5) is 39.2. The Balaban J connectivity index is 1.51. The molecule has 246 valence electrons. The second-order valence-electron chi connectivity index (χ2n) is 11.2. The van der Waals surface area contributed by atoms with Crippen LogP contribution in [0.5, 0.6) is 5.88 Å². The van der Waals surface area contributed by atoms with E-state index in [9.17, 15) is 9.59 Å². The van der Waals surface area contributed by atoms with Crippen LogP contribution < -0.4 is 10.5 Å². The topological polar surface area (TPSA) is 164 Å². The first-order valence-corrected chi connectivity index (χ1v) is 17.8. The average Bonchev–Trinajstić information content (AvgIpc) is 3.79. The number of unbranched alkanes of at least 4 members (excludes halogenated alkanes) is 2. The van der Waals surface area contributed by atoms with Crippen LogP contribution in [0.1, 0.15) is 78.6 Å². The van der Waals surface area contributed by atoms with Crippen molar-refractivity contribution >= 4 is 36.5 Å². The van der Waals surface area contributed by atoms with E-state index in [1.165, 1.54) is 0 Å². The molecule has 2 aliphatic rings. The van der Waals surface area contributed by atoms with Gasteiger partial charge in [-0.15, -0.1) is 0 Å². The Morgan fingerprint density at radius 3 is 2.09 bits per heavy atom. The highest BCUT2D eigenvalue weighted by Gasteiger charge is 2.51. The Bertz CT molecular complexity index is 1250. The van der Waals surface area contributed by atoms with Gasteiger partial charge in [0.25, 0.3) is 0 Å². The molecule has 4 heterocycles. The number of imidazole rings is 1. The predicted octanol–water partition coefficient (Wildman–Crippen LogP) is 3.98. The van der Waals surface area contributed by atoms with Crippen molar-refractivity contribution in [3.05, 3.63) is 6.33 Å². The summed E-state index contributed by atoms with van der Waals surface area (Å²) in [5.41, 5.74) is 6.94. The lowest BCUT2D eigenvalue weighted by Crippen LogP contribution is -2.45. The zero-order valence-electron chi connectivity index (χ0n) is 26.3. The monoisotopic (exact) mass is 637 g/mol. The molecule has 2 N–H and O–H groups in total. The number of nitrogens with zero attached hydrogens (tertiary/aromatic N) is 6. The summed E-state index contributed by atoms with van der Waals surface area (Å²) in [6.45, 7) is 8.62. The zero-order chi connectivity index (χ0) is 31.5. The lowest BCUT2D eigenvalue weighted by Gasteiger charge is -2.39. The second kappa shape index (κ2) is 16.5. The number of carbonyl (C=O) groups is 2. The molecule has 15 heteroatoms. The van der Waals surface area contributed by atoms with Crippen LogP contribution in [-0.2, 0) is 34.9 Å². The molecule has 0 saturated carbocycles. The van der Waals surface area contributed by atoms with Crippen LogP contribution in [0.3, 0.4) is 0 Å². The van der Waals surface area contributed by atoms with Crippen LogP contribution >= 0.6 is 7.44 Å². The quantitative estimate of drug-likeness (QED) is 0.142. The zero-order valence-corrected chi connectivity index (χ0v) is 27.2. The van der Waals surface area contributed by atoms with Gasteiger partial charge in [0.1, 0.15) is 18.4 Å². The molecule has 0 amide bonds. The van der Waals surface area contributed by atoms with Crippen LogP contribution in [0.25, 0.3) is 11.2 Å². The van der Waals surface area contributed by atoms with Gasteiger partial charge in [0.2, 0.25) is 19.3 Å². The molecular weight excluding hydrogens is 589 g/mol. The number of aromatic nitrogens is 4. The SMILES string of the molecule is CCCCOC(=O)[C@@H]1CCCN1P(=O)(COCCn1cnc2c(OCCC)nc(N)nc21)N1CCC[C@H]1C(=O)OCCCC. The third kappa shape index (κ3) is 8.07. The fraction of sp³-hybridized carbons (Fsp3) is 0.759. The smallest absolute Gasteiger partial charge is 0.323 e. The van der Waals surface area contributed by atoms with Gasteiger partial charge in [-0.3, -0.25) is 14.2 Å². The largest absolute Gasteiger partial charge is 0.476 e. The van der Waals surface area contributed by atoms with Gasteiger partial charge in [0.05, 0.1) is 32.8 Å². The number of fused-ring (bicyclic) bond motifs is 1. The molecule has 0 aliphatic carbocycles. The number of hydrogen-bond acceptors (Lipinski definition) is 11. The highest BCUT2D eigenvalue weighted by atomic mass is 31.2. The van der Waals surface area contributed by atoms with Crippen LogP contribution in [0.4, 0.5) is 5.95 Å². The summed E-state index contributed by atoms with van der Waals surface area (Å²) in [5.74, 6) is -0.343. The molecule has 2 aromatic rings. The van der Waals surface area contributed by atoms with Gasteiger partial charge in [-0.25, -0.2) is 14.3 Å². The molecule has 2 aliphatic heterocycles. The van der Waals surface area contributed by atoms with Crippen molar-refractivity contribution in [2.75, 3.05) is 51.6 Å². The molecule has 2 atom stereocenters. The third-order valence-electron chi connectivity index (χ3n) is 7.91. The van der Waals surface area contributed by atoms with Gasteiger partial charge in [-0.05, 0) is 44.9 Å². The summed E-state index contributed by atoms with van der Waals surface area (Å²) < 4.78 is 43.3. The van der Waals surface area contributed by atoms with E-state index >= 15 is 4.57 Å². The van der Waals surface area contributed by atoms with Gasteiger partial charge in [0.15, 0.2) is 11.2 Å². The standard InChI is InChI=1S/C29H48N7O7P/c1-4-7-17-42-27(37)22-11-9-13-35(22)44(39,36-14-10-12-23(36)28(38)43-18-8-5-2)21-40-19-15-34-20-31-24-25(34)32-29(30)33-26(24)41-16-6-3/h20,22-23H,4-19,21H2,1-3H3,(H2,30,32,33)/t22-,23-/m0/s1. The van der Waals surface area contributed by atoms with E-state index in [0.29, 0.717) is 82.2 Å². The van der Waals surface area contributed by atoms with Crippen molar-refractivity contribution in [3.63, 3.8) is 0 Å². The Hall–Kier alpha value is -2.80. The highest BCUT2D eigenvalue weighted by molar-refractivity contribution is 7.59. The first kappa shape index (κ1) is 34.1. The fourth-order valence-electron chi connectivity index (χ4n) is 5.60. The molecule has 4 rings (SSSR count). The minimum atomic E-state index is -3.54. The van der Waals surface area contributed by atoms with Crippen molar-refractivity contribution in [1.82, 2.24) is 28.9 Å². The predicted molar refractivity (Wildman–Crippen MR) is 165 cm³/mol. The van der Waals surface area contributed by atoms with Gasteiger partial charge in [-0.2, -0.15) is 9.97 Å². The summed E-state index contributed by atoms with van der Waals surface area (Å²) in [7, 11) is -3.54. The van der Waals surface area contributed by atoms with Crippen molar-refractivity contribution in [2.24, 2.45) is 0 Å². The number of hydrogen-bond donors (Lipinski definition) is 1. The fourth-order valence-corrected chi connectivity index (χ4v) is 8.75. The maximum Gasteiger partial charge on any atom is 0.323 e. The van der Waals surface area contributed by atoms with Crippen molar-refractivity contribution in [3.8, 4) is 5.88 Å². The van der Waals surface area contributed by atoms with Gasteiger partial charge >= 0.3 is 11.9 Å². The van der Waals surface area contributed by atoms with Gasteiger partial charge < -0.3 is 29.2 Å². The van der Waals surface area contributed by atoms with E-state index in [-0.39, 0.29) is 30.8 Å². The average molecular weight is 638 g/mol. The maximum absolute atomic E-state index is 15.1. The summed E-state index contributed by atoms with van der Waals surface area (Å²) in [5, 5.41) is 0. The molecule has 14 nitrogen and oxygen atoms in total. The number of anilines is 1. The molecular formula is C29H48N7O7P. The Morgan fingerprint density at radius 2 is 1.52 bits per heavy atom. The second-order valence-corrected chi connectivity index (χ2v) is 13.8. The Kier molecular flexibility index (Phi) is 12.8. The van der Waals surface area contributed by atoms with Crippen LogP contribution in [0, 0.1) is 0 Å². The van der Waals surface area contributed by atoms with E-state index in [0.717, 1.165) is 32.1 Å². The Morgan fingerprint density at radius 1 is 0.909 bits per heavy atom. The summed E-state index contributed by atoms with van der Waals surface area (Å²) in [6.07, 6.45) is 8.09. The van der Waals surface area contributed by atoms with Crippen LogP contribution in [-0.4, -0.2) is 98.7 Å². The van der Waals surface area contributed by atoms with Crippen molar-refractivity contribution in [1.29, 1.82) is 0 Å². The number of rotatable bonds is 18. The molecule has 0 spiro atoms. The molecule has 2 fully saturated rings. The lowest BCUT2D eigenvalue weighted by molar-refractivity contribution is -0.147. The van der Waals surface area contributed by atoms with Gasteiger partial charge in [-0.1, -0.05) is 33.6 Å². The molecule has 0 radical (unpaired) electrons. The normalized spacial score (nSPS) is 19.5. The van der Waals surface area contributed by atoms with E-state index in [1.54, 1.807) is 20.2 Å². The van der Waals surface area contributed by atoms with E-state index in [1.807, 2.05) is 20.8 Å². The molecule has 0 bridgehead atoms. The van der Waals surface area contributed by atoms with Crippen molar-refractivity contribution < 1.29 is 33.1 Å². The Labute approximate surface area is 259 Å². The molecule has 2 aromatic heterocycles. The van der Waals surface area contributed by atoms with Gasteiger partial charge in [0, 0.05) is 19.6 Å². The first-order valence-electron chi connectivity index (χ1n) is 16.0. The summed E-state index contributed by atoms with van der Waals surface area (Å²) in [6, 6.07) is -1.31. The minimum absolute atomic E-state index is 0.0765. The number of ether oxygens (including phenoxy) is 4. The molecule has 0 aromatic carbocycles. The molecule has 44 heavy (non-hydrogen) atoms. The molecule has 0 unspecified atom stereocenters. The number of esters is 2. The number of carbonyl (C=O) groups excluding carboxylic acids is 2. The summed E-state index contributed by atoms with van der Waals surface area (Å²) >= 11 is 0. The third-order valence-corrected chi connectivity index (χ3v) is 11.0.